The van der Waals surface area contributed by atoms with Crippen molar-refractivity contribution in [1.29, 1.82) is 0 Å². The van der Waals surface area contributed by atoms with Crippen LogP contribution in [0.2, 0.25) is 0 Å². The van der Waals surface area contributed by atoms with Gasteiger partial charge in [-0.1, -0.05) is 13.8 Å². The zero-order valence-electron chi connectivity index (χ0n) is 14.5. The fourth-order valence-corrected chi connectivity index (χ4v) is 3.56. The van der Waals surface area contributed by atoms with Crippen molar-refractivity contribution >= 4 is 11.9 Å². The highest BCUT2D eigenvalue weighted by molar-refractivity contribution is 5.79. The molecular formula is C17H27N5O2. The summed E-state index contributed by atoms with van der Waals surface area (Å²) < 4.78 is 2.13. The quantitative estimate of drug-likeness (QED) is 0.911. The molecule has 24 heavy (non-hydrogen) atoms. The number of hydrogen-bond donors (Lipinski definition) is 1. The van der Waals surface area contributed by atoms with Crippen molar-refractivity contribution in [2.24, 2.45) is 5.92 Å². The molecule has 1 atom stereocenters. The van der Waals surface area contributed by atoms with E-state index in [-0.39, 0.29) is 23.9 Å². The van der Waals surface area contributed by atoms with E-state index < -0.39 is 0 Å². The summed E-state index contributed by atoms with van der Waals surface area (Å²) in [6.45, 7) is 6.72. The standard InChI is InChI=1S/C17H27N5O2/c1-13(2)16(23)21-7-3-14(11-21)19-17(24)20-8-4-15(5-9-20)22-10-6-18-12-22/h6,10,12-15H,3-5,7-9,11H2,1-2H3,(H,19,24)/t14-/m1/s1. The third-order valence-corrected chi connectivity index (χ3v) is 5.02. The zero-order valence-corrected chi connectivity index (χ0v) is 14.5. The number of carbonyl (C=O) groups is 2. The molecule has 0 aliphatic carbocycles. The van der Waals surface area contributed by atoms with E-state index in [1.807, 2.05) is 36.2 Å². The van der Waals surface area contributed by atoms with E-state index in [1.54, 1.807) is 6.20 Å². The maximum Gasteiger partial charge on any atom is 0.317 e. The number of likely N-dealkylation sites (tertiary alicyclic amines) is 2. The van der Waals surface area contributed by atoms with Crippen LogP contribution in [0.5, 0.6) is 0 Å². The van der Waals surface area contributed by atoms with Crippen molar-refractivity contribution in [3.05, 3.63) is 18.7 Å². The molecule has 132 valence electrons. The summed E-state index contributed by atoms with van der Waals surface area (Å²) in [5.74, 6) is 0.189. The molecule has 1 aromatic heterocycles. The van der Waals surface area contributed by atoms with Gasteiger partial charge in [-0.2, -0.15) is 0 Å². The second-order valence-electron chi connectivity index (χ2n) is 7.10. The van der Waals surface area contributed by atoms with E-state index >= 15 is 0 Å². The number of carbonyl (C=O) groups excluding carboxylic acids is 2. The van der Waals surface area contributed by atoms with Crippen LogP contribution in [0.15, 0.2) is 18.7 Å². The van der Waals surface area contributed by atoms with E-state index in [0.717, 1.165) is 38.9 Å². The topological polar surface area (TPSA) is 70.5 Å². The summed E-state index contributed by atoms with van der Waals surface area (Å²) in [6, 6.07) is 0.511. The average Bonchev–Trinajstić information content (AvgIpc) is 3.26. The number of nitrogens with zero attached hydrogens (tertiary/aromatic N) is 4. The number of urea groups is 1. The lowest BCUT2D eigenvalue weighted by molar-refractivity contribution is -0.133. The van der Waals surface area contributed by atoms with Crippen LogP contribution in [-0.4, -0.2) is 63.5 Å². The molecule has 0 radical (unpaired) electrons. The lowest BCUT2D eigenvalue weighted by Crippen LogP contribution is -2.49. The van der Waals surface area contributed by atoms with Gasteiger partial charge in [0.1, 0.15) is 0 Å². The number of hydrogen-bond acceptors (Lipinski definition) is 3. The summed E-state index contributed by atoms with van der Waals surface area (Å²) in [6.07, 6.45) is 8.37. The second-order valence-corrected chi connectivity index (χ2v) is 7.10. The number of nitrogens with one attached hydrogen (secondary N) is 1. The van der Waals surface area contributed by atoms with Gasteiger partial charge >= 0.3 is 6.03 Å². The Morgan fingerprint density at radius 3 is 2.46 bits per heavy atom. The molecule has 7 nitrogen and oxygen atoms in total. The van der Waals surface area contributed by atoms with Gasteiger partial charge in [0.05, 0.1) is 6.33 Å². The predicted molar refractivity (Wildman–Crippen MR) is 90.4 cm³/mol. The molecule has 1 aromatic rings. The molecule has 0 saturated carbocycles. The highest BCUT2D eigenvalue weighted by Gasteiger charge is 2.30. The van der Waals surface area contributed by atoms with E-state index in [0.29, 0.717) is 12.6 Å². The van der Waals surface area contributed by atoms with E-state index in [2.05, 4.69) is 14.9 Å². The molecule has 0 bridgehead atoms. The van der Waals surface area contributed by atoms with Crippen molar-refractivity contribution in [2.75, 3.05) is 26.2 Å². The van der Waals surface area contributed by atoms with Crippen LogP contribution in [0.4, 0.5) is 4.79 Å². The van der Waals surface area contributed by atoms with Crippen molar-refractivity contribution < 1.29 is 9.59 Å². The Morgan fingerprint density at radius 1 is 1.12 bits per heavy atom. The molecule has 3 rings (SSSR count). The Labute approximate surface area is 143 Å². The summed E-state index contributed by atoms with van der Waals surface area (Å²) in [5, 5.41) is 3.10. The number of imidazole rings is 1. The van der Waals surface area contributed by atoms with Crippen LogP contribution in [-0.2, 0) is 4.79 Å². The van der Waals surface area contributed by atoms with Crippen LogP contribution in [0.25, 0.3) is 0 Å². The first-order valence-electron chi connectivity index (χ1n) is 8.86. The average molecular weight is 333 g/mol. The number of rotatable bonds is 3. The van der Waals surface area contributed by atoms with Gasteiger partial charge in [-0.15, -0.1) is 0 Å². The Hall–Kier alpha value is -2.05. The Bertz CT molecular complexity index is 564. The van der Waals surface area contributed by atoms with Crippen LogP contribution < -0.4 is 5.32 Å². The normalized spacial score (nSPS) is 22.2. The minimum atomic E-state index is 0.00271. The van der Waals surface area contributed by atoms with Crippen molar-refractivity contribution in [3.63, 3.8) is 0 Å². The Balaban J connectivity index is 1.44. The predicted octanol–water partition coefficient (Wildman–Crippen LogP) is 1.49. The van der Waals surface area contributed by atoms with Crippen LogP contribution in [0.1, 0.15) is 39.2 Å². The molecule has 3 amide bonds. The summed E-state index contributed by atoms with van der Waals surface area (Å²) >= 11 is 0. The molecular weight excluding hydrogens is 306 g/mol. The molecule has 0 unspecified atom stereocenters. The van der Waals surface area contributed by atoms with E-state index in [9.17, 15) is 9.59 Å². The number of aromatic nitrogens is 2. The monoisotopic (exact) mass is 333 g/mol. The summed E-state index contributed by atoms with van der Waals surface area (Å²) in [5.41, 5.74) is 0. The van der Waals surface area contributed by atoms with Gasteiger partial charge in [0, 0.05) is 56.6 Å². The van der Waals surface area contributed by atoms with Gasteiger partial charge in [-0.3, -0.25) is 4.79 Å². The lowest BCUT2D eigenvalue weighted by Gasteiger charge is -2.33. The molecule has 0 aromatic carbocycles. The van der Waals surface area contributed by atoms with Crippen LogP contribution in [0, 0.1) is 5.92 Å². The molecule has 2 aliphatic rings. The maximum absolute atomic E-state index is 12.4. The molecule has 2 saturated heterocycles. The number of piperidine rings is 1. The minimum Gasteiger partial charge on any atom is -0.340 e. The Kier molecular flexibility index (Phi) is 5.06. The van der Waals surface area contributed by atoms with Gasteiger partial charge in [0.2, 0.25) is 5.91 Å². The van der Waals surface area contributed by atoms with Gasteiger partial charge in [-0.25, -0.2) is 9.78 Å². The summed E-state index contributed by atoms with van der Waals surface area (Å²) in [4.78, 5) is 32.3. The molecule has 0 spiro atoms. The van der Waals surface area contributed by atoms with Gasteiger partial charge in [0.15, 0.2) is 0 Å². The minimum absolute atomic E-state index is 0.00271. The Morgan fingerprint density at radius 2 is 1.83 bits per heavy atom. The van der Waals surface area contributed by atoms with Gasteiger partial charge in [0.25, 0.3) is 0 Å². The number of amides is 3. The largest absolute Gasteiger partial charge is 0.340 e. The van der Waals surface area contributed by atoms with E-state index in [4.69, 9.17) is 0 Å². The molecule has 1 N–H and O–H groups in total. The SMILES string of the molecule is CC(C)C(=O)N1CC[C@@H](NC(=O)N2CCC(n3ccnc3)CC2)C1. The lowest BCUT2D eigenvalue weighted by atomic mass is 10.1. The third kappa shape index (κ3) is 3.71. The first-order valence-corrected chi connectivity index (χ1v) is 8.86. The molecule has 2 aliphatic heterocycles. The van der Waals surface area contributed by atoms with E-state index in [1.165, 1.54) is 0 Å². The van der Waals surface area contributed by atoms with Crippen molar-refractivity contribution in [2.45, 2.75) is 45.2 Å². The van der Waals surface area contributed by atoms with Crippen molar-refractivity contribution in [1.82, 2.24) is 24.7 Å². The summed E-state index contributed by atoms with van der Waals surface area (Å²) in [7, 11) is 0. The fraction of sp³-hybridized carbons (Fsp3) is 0.706. The smallest absolute Gasteiger partial charge is 0.317 e. The van der Waals surface area contributed by atoms with Crippen molar-refractivity contribution in [3.8, 4) is 0 Å². The second kappa shape index (κ2) is 7.23. The first-order chi connectivity index (χ1) is 11.5. The molecule has 7 heteroatoms. The van der Waals surface area contributed by atoms with Crippen LogP contribution >= 0.6 is 0 Å². The highest BCUT2D eigenvalue weighted by atomic mass is 16.2. The maximum atomic E-state index is 12.4. The first kappa shape index (κ1) is 16.8. The zero-order chi connectivity index (χ0) is 17.1. The van der Waals surface area contributed by atoms with Gasteiger partial charge in [-0.05, 0) is 19.3 Å². The van der Waals surface area contributed by atoms with Gasteiger partial charge < -0.3 is 19.7 Å². The van der Waals surface area contributed by atoms with Crippen LogP contribution in [0.3, 0.4) is 0 Å². The molecule has 2 fully saturated rings. The highest BCUT2D eigenvalue weighted by Crippen LogP contribution is 2.22. The third-order valence-electron chi connectivity index (χ3n) is 5.02. The molecule has 3 heterocycles. The fourth-order valence-electron chi connectivity index (χ4n) is 3.56.